The first kappa shape index (κ1) is 23.0. The van der Waals surface area contributed by atoms with Gasteiger partial charge >= 0.3 is 5.91 Å². The van der Waals surface area contributed by atoms with Gasteiger partial charge in [0.2, 0.25) is 0 Å². The highest BCUT2D eigenvalue weighted by Crippen LogP contribution is 2.35. The van der Waals surface area contributed by atoms with Crippen LogP contribution in [0.3, 0.4) is 0 Å². The van der Waals surface area contributed by atoms with Crippen LogP contribution in [0.1, 0.15) is 31.0 Å². The molecule has 0 fully saturated rings. The summed E-state index contributed by atoms with van der Waals surface area (Å²) in [4.78, 5) is 42.7. The second-order valence-electron chi connectivity index (χ2n) is 8.68. The van der Waals surface area contributed by atoms with Crippen molar-refractivity contribution in [3.8, 4) is 11.4 Å². The third kappa shape index (κ3) is 3.73. The van der Waals surface area contributed by atoms with Crippen molar-refractivity contribution < 1.29 is 18.9 Å². The molecule has 2 amide bonds. The molecule has 180 valence electrons. The van der Waals surface area contributed by atoms with Crippen LogP contribution in [0.15, 0.2) is 90.0 Å². The second-order valence-corrected chi connectivity index (χ2v) is 8.68. The normalized spacial score (nSPS) is 13.7. The van der Waals surface area contributed by atoms with Crippen LogP contribution in [-0.4, -0.2) is 28.7 Å². The van der Waals surface area contributed by atoms with Crippen LogP contribution in [0.25, 0.3) is 17.0 Å². The van der Waals surface area contributed by atoms with E-state index < -0.39 is 17.4 Å². The molecule has 2 aromatic heterocycles. The van der Waals surface area contributed by atoms with Gasteiger partial charge in [-0.1, -0.05) is 38.1 Å². The van der Waals surface area contributed by atoms with Gasteiger partial charge in [0.1, 0.15) is 11.3 Å². The van der Waals surface area contributed by atoms with E-state index in [0.717, 1.165) is 4.90 Å². The standard InChI is InChI=1S/C28H24N4O4/c1-18(2)24-22(27(34)32(29-24)20-10-6-4-7-11-20)23-25(30-16-8-5-9-17-30)28(35)31(26(23)33)19-12-14-21(36-3)15-13-19/h4-18H,1-3H3/p+1. The number of para-hydroxylation sites is 1. The minimum atomic E-state index is -0.560. The minimum Gasteiger partial charge on any atom is -0.497 e. The van der Waals surface area contributed by atoms with Crippen LogP contribution in [-0.2, 0) is 9.59 Å². The molecule has 0 saturated carbocycles. The van der Waals surface area contributed by atoms with Crippen LogP contribution in [0.4, 0.5) is 5.69 Å². The number of pyridine rings is 1. The Hall–Kier alpha value is -4.72. The largest absolute Gasteiger partial charge is 0.497 e. The van der Waals surface area contributed by atoms with E-state index in [0.29, 0.717) is 22.8 Å². The van der Waals surface area contributed by atoms with Gasteiger partial charge in [-0.3, -0.25) is 19.5 Å². The third-order valence-corrected chi connectivity index (χ3v) is 6.12. The molecule has 0 atom stereocenters. The number of H-pyrrole nitrogens is 1. The van der Waals surface area contributed by atoms with E-state index in [-0.39, 0.29) is 22.8 Å². The molecule has 1 aliphatic rings. The number of hydrogen-bond acceptors (Lipinski definition) is 4. The molecule has 1 N–H and O–H groups in total. The molecule has 0 unspecified atom stereocenters. The van der Waals surface area contributed by atoms with Crippen molar-refractivity contribution in [2.45, 2.75) is 19.8 Å². The van der Waals surface area contributed by atoms with E-state index in [4.69, 9.17) is 4.74 Å². The number of aromatic amines is 1. The van der Waals surface area contributed by atoms with Gasteiger partial charge < -0.3 is 4.74 Å². The van der Waals surface area contributed by atoms with Gasteiger partial charge in [-0.15, -0.1) is 0 Å². The van der Waals surface area contributed by atoms with Gasteiger partial charge in [0, 0.05) is 17.8 Å². The Labute approximate surface area is 207 Å². The van der Waals surface area contributed by atoms with Gasteiger partial charge in [0.15, 0.2) is 12.4 Å². The molecular weight excluding hydrogens is 456 g/mol. The quantitative estimate of drug-likeness (QED) is 0.337. The SMILES string of the molecule is COc1ccc(N2C(=O)C(c3c(C(C)C)[nH]n(-c4ccccc4)c3=O)=C([n+]3ccccc3)C2=O)cc1. The Morgan fingerprint density at radius 1 is 0.806 bits per heavy atom. The van der Waals surface area contributed by atoms with Crippen LogP contribution in [0.5, 0.6) is 5.75 Å². The molecule has 0 saturated heterocycles. The predicted octanol–water partition coefficient (Wildman–Crippen LogP) is 3.53. The van der Waals surface area contributed by atoms with Crippen LogP contribution in [0, 0.1) is 0 Å². The van der Waals surface area contributed by atoms with Gasteiger partial charge in [0.05, 0.1) is 24.0 Å². The first-order valence-corrected chi connectivity index (χ1v) is 11.6. The van der Waals surface area contributed by atoms with Crippen molar-refractivity contribution in [3.05, 3.63) is 107 Å². The summed E-state index contributed by atoms with van der Waals surface area (Å²) >= 11 is 0. The fourth-order valence-electron chi connectivity index (χ4n) is 4.37. The summed E-state index contributed by atoms with van der Waals surface area (Å²) in [5.74, 6) is -0.597. The molecule has 0 aliphatic carbocycles. The lowest BCUT2D eigenvalue weighted by Crippen LogP contribution is -2.39. The smallest absolute Gasteiger partial charge is 0.331 e. The Balaban J connectivity index is 1.77. The van der Waals surface area contributed by atoms with E-state index in [1.54, 1.807) is 72.6 Å². The van der Waals surface area contributed by atoms with Gasteiger partial charge in [-0.05, 0) is 42.3 Å². The molecule has 36 heavy (non-hydrogen) atoms. The number of ether oxygens (including phenoxy) is 1. The molecule has 0 radical (unpaired) electrons. The monoisotopic (exact) mass is 481 g/mol. The Morgan fingerprint density at radius 2 is 1.44 bits per heavy atom. The predicted molar refractivity (Wildman–Crippen MR) is 136 cm³/mol. The molecule has 3 heterocycles. The molecule has 2 aromatic carbocycles. The van der Waals surface area contributed by atoms with Crippen LogP contribution in [0.2, 0.25) is 0 Å². The topological polar surface area (TPSA) is 88.3 Å². The average Bonchev–Trinajstić information content (AvgIpc) is 3.37. The number of benzene rings is 2. The first-order valence-electron chi connectivity index (χ1n) is 11.6. The van der Waals surface area contributed by atoms with E-state index in [1.165, 1.54) is 4.68 Å². The maximum atomic E-state index is 14.0. The van der Waals surface area contributed by atoms with Crippen LogP contribution >= 0.6 is 0 Å². The number of nitrogens with zero attached hydrogens (tertiary/aromatic N) is 3. The summed E-state index contributed by atoms with van der Waals surface area (Å²) in [6.07, 6.45) is 3.38. The molecule has 0 bridgehead atoms. The Bertz CT molecular complexity index is 1530. The number of nitrogens with one attached hydrogen (secondary N) is 1. The maximum absolute atomic E-state index is 14.0. The summed E-state index contributed by atoms with van der Waals surface area (Å²) in [6.45, 7) is 3.87. The zero-order valence-corrected chi connectivity index (χ0v) is 20.1. The minimum absolute atomic E-state index is 0.0617. The lowest BCUT2D eigenvalue weighted by atomic mass is 9.98. The third-order valence-electron chi connectivity index (χ3n) is 6.12. The molecule has 5 rings (SSSR count). The van der Waals surface area contributed by atoms with Crippen molar-refractivity contribution >= 4 is 28.8 Å². The Kier molecular flexibility index (Phi) is 5.85. The fourth-order valence-corrected chi connectivity index (χ4v) is 4.37. The molecule has 8 heteroatoms. The summed E-state index contributed by atoms with van der Waals surface area (Å²) in [5, 5.41) is 3.18. The van der Waals surface area contributed by atoms with Crippen molar-refractivity contribution in [1.29, 1.82) is 0 Å². The van der Waals surface area contributed by atoms with Crippen molar-refractivity contribution in [2.75, 3.05) is 12.0 Å². The molecule has 4 aromatic rings. The number of carbonyl (C=O) groups excluding carboxylic acids is 2. The van der Waals surface area contributed by atoms with Gasteiger partial charge in [0.25, 0.3) is 17.2 Å². The van der Waals surface area contributed by atoms with E-state index >= 15 is 0 Å². The number of aromatic nitrogens is 3. The molecular formula is C28H25N4O4+. The molecule has 8 nitrogen and oxygen atoms in total. The fraction of sp³-hybridized carbons (Fsp3) is 0.143. The number of methoxy groups -OCH3 is 1. The van der Waals surface area contributed by atoms with Gasteiger partial charge in [-0.25, -0.2) is 9.58 Å². The first-order chi connectivity index (χ1) is 17.4. The lowest BCUT2D eigenvalue weighted by molar-refractivity contribution is -0.576. The summed E-state index contributed by atoms with van der Waals surface area (Å²) in [6, 6.07) is 21.1. The lowest BCUT2D eigenvalue weighted by Gasteiger charge is -2.14. The number of imide groups is 1. The van der Waals surface area contributed by atoms with Crippen molar-refractivity contribution in [3.63, 3.8) is 0 Å². The Morgan fingerprint density at radius 3 is 2.06 bits per heavy atom. The van der Waals surface area contributed by atoms with E-state index in [2.05, 4.69) is 5.10 Å². The highest BCUT2D eigenvalue weighted by atomic mass is 16.5. The summed E-state index contributed by atoms with van der Waals surface area (Å²) in [5.41, 5.74) is 1.57. The second kappa shape index (κ2) is 9.14. The van der Waals surface area contributed by atoms with Crippen molar-refractivity contribution in [2.24, 2.45) is 0 Å². The van der Waals surface area contributed by atoms with Crippen LogP contribution < -0.4 is 19.8 Å². The summed E-state index contributed by atoms with van der Waals surface area (Å²) < 4.78 is 8.22. The summed E-state index contributed by atoms with van der Waals surface area (Å²) in [7, 11) is 1.54. The molecule has 0 spiro atoms. The number of rotatable bonds is 6. The number of anilines is 1. The number of carbonyl (C=O) groups is 2. The van der Waals surface area contributed by atoms with Crippen molar-refractivity contribution in [1.82, 2.24) is 9.78 Å². The van der Waals surface area contributed by atoms with E-state index in [9.17, 15) is 14.4 Å². The zero-order chi connectivity index (χ0) is 25.4. The number of amides is 2. The molecule has 1 aliphatic heterocycles. The maximum Gasteiger partial charge on any atom is 0.331 e. The highest BCUT2D eigenvalue weighted by Gasteiger charge is 2.48. The average molecular weight is 482 g/mol. The zero-order valence-electron chi connectivity index (χ0n) is 20.1. The highest BCUT2D eigenvalue weighted by molar-refractivity contribution is 6.53. The van der Waals surface area contributed by atoms with Gasteiger partial charge in [-0.2, -0.15) is 4.57 Å². The number of hydrogen-bond donors (Lipinski definition) is 1. The van der Waals surface area contributed by atoms with E-state index in [1.807, 2.05) is 38.1 Å².